The zero-order valence-corrected chi connectivity index (χ0v) is 19.1. The highest BCUT2D eigenvalue weighted by molar-refractivity contribution is 7.13. The molecule has 0 radical (unpaired) electrons. The molecule has 0 saturated carbocycles. The van der Waals surface area contributed by atoms with E-state index in [2.05, 4.69) is 15.3 Å². The monoisotopic (exact) mass is 468 g/mol. The van der Waals surface area contributed by atoms with Crippen LogP contribution >= 0.6 is 11.3 Å². The normalized spacial score (nSPS) is 13.7. The van der Waals surface area contributed by atoms with Gasteiger partial charge >= 0.3 is 0 Å². The van der Waals surface area contributed by atoms with Crippen molar-refractivity contribution in [2.75, 3.05) is 32.1 Å². The third-order valence-electron chi connectivity index (χ3n) is 4.87. The average molecular weight is 469 g/mol. The molecule has 0 bridgehead atoms. The lowest BCUT2D eigenvalue weighted by molar-refractivity contribution is 0.0645. The second-order valence-corrected chi connectivity index (χ2v) is 8.39. The Labute approximate surface area is 195 Å². The number of rotatable bonds is 9. The van der Waals surface area contributed by atoms with Gasteiger partial charge in [0.1, 0.15) is 29.0 Å². The van der Waals surface area contributed by atoms with Gasteiger partial charge < -0.3 is 19.1 Å². The summed E-state index contributed by atoms with van der Waals surface area (Å²) >= 11 is 1.32. The smallest absolute Gasteiger partial charge is 0.272 e. The number of hydrogen-bond acceptors (Lipinski definition) is 8. The number of benzene rings is 1. The fourth-order valence-electron chi connectivity index (χ4n) is 3.17. The van der Waals surface area contributed by atoms with Gasteiger partial charge in [-0.3, -0.25) is 14.9 Å². The van der Waals surface area contributed by atoms with Gasteiger partial charge in [-0.2, -0.15) is 0 Å². The number of anilines is 1. The van der Waals surface area contributed by atoms with Gasteiger partial charge in [0.25, 0.3) is 11.8 Å². The van der Waals surface area contributed by atoms with Crippen molar-refractivity contribution in [2.45, 2.75) is 19.4 Å². The van der Waals surface area contributed by atoms with Crippen molar-refractivity contribution in [2.24, 2.45) is 0 Å². The minimum Gasteiger partial charge on any atom is -0.488 e. The molecule has 33 heavy (non-hydrogen) atoms. The third kappa shape index (κ3) is 5.85. The summed E-state index contributed by atoms with van der Waals surface area (Å²) in [5.41, 5.74) is 0.718. The first kappa shape index (κ1) is 22.7. The largest absolute Gasteiger partial charge is 0.488 e. The number of thiazole rings is 1. The second-order valence-electron chi connectivity index (χ2n) is 7.50. The topological polar surface area (TPSA) is 103 Å². The van der Waals surface area contributed by atoms with E-state index < -0.39 is 0 Å². The van der Waals surface area contributed by atoms with E-state index in [0.29, 0.717) is 40.2 Å². The number of ether oxygens (including phenoxy) is 3. The average Bonchev–Trinajstić information content (AvgIpc) is 3.26. The molecule has 2 aromatic heterocycles. The highest BCUT2D eigenvalue weighted by Crippen LogP contribution is 2.29. The quantitative estimate of drug-likeness (QED) is 0.509. The number of nitrogens with zero attached hydrogens (tertiary/aromatic N) is 3. The number of aromatic nitrogens is 2. The lowest BCUT2D eigenvalue weighted by Gasteiger charge is -2.30. The molecular weight excluding hydrogens is 444 g/mol. The van der Waals surface area contributed by atoms with Gasteiger partial charge in [-0.25, -0.2) is 9.97 Å². The van der Waals surface area contributed by atoms with Crippen molar-refractivity contribution in [1.82, 2.24) is 14.9 Å². The Hall–Kier alpha value is -3.50. The first-order valence-corrected chi connectivity index (χ1v) is 11.3. The van der Waals surface area contributed by atoms with E-state index in [1.54, 1.807) is 53.9 Å². The lowest BCUT2D eigenvalue weighted by atomic mass is 10.2. The van der Waals surface area contributed by atoms with Crippen LogP contribution in [0.25, 0.3) is 0 Å². The summed E-state index contributed by atoms with van der Waals surface area (Å²) in [6, 6.07) is 8.24. The molecule has 172 valence electrons. The zero-order chi connectivity index (χ0) is 23.2. The molecule has 0 unspecified atom stereocenters. The zero-order valence-electron chi connectivity index (χ0n) is 18.3. The van der Waals surface area contributed by atoms with Crippen LogP contribution in [-0.2, 0) is 4.74 Å². The molecule has 10 heteroatoms. The third-order valence-corrected chi connectivity index (χ3v) is 5.56. The molecule has 1 aliphatic rings. The van der Waals surface area contributed by atoms with Crippen LogP contribution in [-0.4, -0.2) is 59.6 Å². The maximum atomic E-state index is 12.8. The number of methoxy groups -OCH3 is 1. The van der Waals surface area contributed by atoms with E-state index in [1.165, 1.54) is 17.5 Å². The number of nitrogens with one attached hydrogen (secondary N) is 1. The molecule has 0 aliphatic carbocycles. The summed E-state index contributed by atoms with van der Waals surface area (Å²) in [5, 5.41) is 5.03. The molecule has 1 atom stereocenters. The van der Waals surface area contributed by atoms with Crippen LogP contribution in [0.15, 0.2) is 48.1 Å². The molecule has 4 rings (SSSR count). The minimum absolute atomic E-state index is 0.0866. The summed E-state index contributed by atoms with van der Waals surface area (Å²) in [7, 11) is 1.59. The van der Waals surface area contributed by atoms with Crippen LogP contribution in [0.1, 0.15) is 34.2 Å². The SMILES string of the molecule is COC[C@H](C)Oc1cc(Oc2ccc(C(=O)N3CCC3)nc2)cc(C(=O)Nc2nccs2)c1. The first-order valence-electron chi connectivity index (χ1n) is 10.5. The highest BCUT2D eigenvalue weighted by Gasteiger charge is 2.22. The van der Waals surface area contributed by atoms with Crippen molar-refractivity contribution >= 4 is 28.3 Å². The molecule has 1 N–H and O–H groups in total. The van der Waals surface area contributed by atoms with Gasteiger partial charge in [0.2, 0.25) is 0 Å². The molecule has 3 aromatic rings. The molecule has 3 heterocycles. The van der Waals surface area contributed by atoms with E-state index in [1.807, 2.05) is 6.92 Å². The van der Waals surface area contributed by atoms with Gasteiger partial charge in [-0.1, -0.05) is 0 Å². The van der Waals surface area contributed by atoms with E-state index >= 15 is 0 Å². The maximum absolute atomic E-state index is 12.8. The van der Waals surface area contributed by atoms with Gasteiger partial charge in [-0.15, -0.1) is 11.3 Å². The van der Waals surface area contributed by atoms with Crippen molar-refractivity contribution in [3.63, 3.8) is 0 Å². The highest BCUT2D eigenvalue weighted by atomic mass is 32.1. The summed E-state index contributed by atoms with van der Waals surface area (Å²) in [6.45, 7) is 3.78. The molecule has 1 aromatic carbocycles. The van der Waals surface area contributed by atoms with Gasteiger partial charge in [0, 0.05) is 43.4 Å². The second kappa shape index (κ2) is 10.4. The first-order chi connectivity index (χ1) is 16.0. The summed E-state index contributed by atoms with van der Waals surface area (Å²) < 4.78 is 16.9. The number of hydrogen-bond donors (Lipinski definition) is 1. The standard InChI is InChI=1S/C23H24N4O5S/c1-15(14-30-2)31-18-10-16(21(28)26-23-24-6-9-33-23)11-19(12-18)32-17-4-5-20(25-13-17)22(29)27-7-3-8-27/h4-6,9-13,15H,3,7-8,14H2,1-2H3,(H,24,26,28)/t15-/m0/s1. The van der Waals surface area contributed by atoms with Gasteiger partial charge in [0.15, 0.2) is 5.13 Å². The molecule has 1 aliphatic heterocycles. The Bertz CT molecular complexity index is 1100. The number of pyridine rings is 1. The lowest BCUT2D eigenvalue weighted by Crippen LogP contribution is -2.42. The summed E-state index contributed by atoms with van der Waals surface area (Å²) in [6.07, 6.45) is 3.90. The Morgan fingerprint density at radius 3 is 2.61 bits per heavy atom. The van der Waals surface area contributed by atoms with E-state index in [4.69, 9.17) is 14.2 Å². The summed E-state index contributed by atoms with van der Waals surface area (Å²) in [4.78, 5) is 35.1. The fourth-order valence-corrected chi connectivity index (χ4v) is 3.69. The molecule has 1 saturated heterocycles. The maximum Gasteiger partial charge on any atom is 0.272 e. The Kier molecular flexibility index (Phi) is 7.16. The molecule has 1 fully saturated rings. The van der Waals surface area contributed by atoms with Gasteiger partial charge in [-0.05, 0) is 37.6 Å². The van der Waals surface area contributed by atoms with E-state index in [9.17, 15) is 9.59 Å². The number of amides is 2. The molecule has 0 spiro atoms. The summed E-state index contributed by atoms with van der Waals surface area (Å²) in [5.74, 6) is 0.858. The number of carbonyl (C=O) groups is 2. The predicted octanol–water partition coefficient (Wildman–Crippen LogP) is 3.84. The number of carbonyl (C=O) groups excluding carboxylic acids is 2. The van der Waals surface area contributed by atoms with Crippen LogP contribution in [0.3, 0.4) is 0 Å². The van der Waals surface area contributed by atoms with Crippen LogP contribution in [0.2, 0.25) is 0 Å². The van der Waals surface area contributed by atoms with Crippen LogP contribution in [0.4, 0.5) is 5.13 Å². The fraction of sp³-hybridized carbons (Fsp3) is 0.304. The van der Waals surface area contributed by atoms with Crippen molar-refractivity contribution in [3.8, 4) is 17.2 Å². The van der Waals surface area contributed by atoms with Crippen molar-refractivity contribution in [1.29, 1.82) is 0 Å². The van der Waals surface area contributed by atoms with Crippen molar-refractivity contribution < 1.29 is 23.8 Å². The van der Waals surface area contributed by atoms with Crippen LogP contribution < -0.4 is 14.8 Å². The van der Waals surface area contributed by atoms with Crippen LogP contribution in [0, 0.1) is 0 Å². The molecule has 2 amide bonds. The van der Waals surface area contributed by atoms with E-state index in [0.717, 1.165) is 19.5 Å². The predicted molar refractivity (Wildman–Crippen MR) is 123 cm³/mol. The minimum atomic E-state index is -0.340. The number of likely N-dealkylation sites (tertiary alicyclic amines) is 1. The Balaban J connectivity index is 1.53. The Morgan fingerprint density at radius 1 is 1.15 bits per heavy atom. The Morgan fingerprint density at radius 2 is 1.97 bits per heavy atom. The molecular formula is C23H24N4O5S. The van der Waals surface area contributed by atoms with Crippen LogP contribution in [0.5, 0.6) is 17.2 Å². The van der Waals surface area contributed by atoms with Crippen molar-refractivity contribution in [3.05, 3.63) is 59.4 Å². The van der Waals surface area contributed by atoms with E-state index in [-0.39, 0.29) is 17.9 Å². The molecule has 9 nitrogen and oxygen atoms in total. The van der Waals surface area contributed by atoms with Gasteiger partial charge in [0.05, 0.1) is 12.8 Å².